The summed E-state index contributed by atoms with van der Waals surface area (Å²) in [5, 5.41) is 14.4. The van der Waals surface area contributed by atoms with Gasteiger partial charge in [0.05, 0.1) is 0 Å². The van der Waals surface area contributed by atoms with E-state index in [1.54, 1.807) is 0 Å². The number of aromatic nitrogens is 2. The molecule has 130 valence electrons. The molecule has 0 amide bonds. The van der Waals surface area contributed by atoms with Gasteiger partial charge in [0.25, 0.3) is 0 Å². The molecule has 0 saturated heterocycles. The lowest BCUT2D eigenvalue weighted by Gasteiger charge is -2.15. The van der Waals surface area contributed by atoms with Crippen LogP contribution in [0, 0.1) is 13.8 Å². The van der Waals surface area contributed by atoms with E-state index in [-0.39, 0.29) is 24.9 Å². The third-order valence-corrected chi connectivity index (χ3v) is 3.37. The fourth-order valence-corrected chi connectivity index (χ4v) is 2.15. The first-order valence-electron chi connectivity index (χ1n) is 7.45. The first kappa shape index (κ1) is 18.0. The molecule has 5 nitrogen and oxygen atoms in total. The van der Waals surface area contributed by atoms with Crippen molar-refractivity contribution in [1.82, 2.24) is 9.97 Å². The van der Waals surface area contributed by atoms with Gasteiger partial charge in [0.2, 0.25) is 5.95 Å². The van der Waals surface area contributed by atoms with Crippen LogP contribution in [0.3, 0.4) is 0 Å². The van der Waals surface area contributed by atoms with Crippen LogP contribution in [-0.4, -0.2) is 28.2 Å². The normalized spacial score (nSPS) is 11.4. The highest BCUT2D eigenvalue weighted by Gasteiger charge is 2.33. The minimum absolute atomic E-state index is 0.0567. The molecule has 0 atom stereocenters. The van der Waals surface area contributed by atoms with Crippen molar-refractivity contribution in [3.05, 3.63) is 41.1 Å². The Morgan fingerprint density at radius 2 is 1.79 bits per heavy atom. The molecule has 24 heavy (non-hydrogen) atoms. The number of hydrogen-bond acceptors (Lipinski definition) is 5. The zero-order chi connectivity index (χ0) is 17.7. The summed E-state index contributed by atoms with van der Waals surface area (Å²) in [4.78, 5) is 7.58. The lowest BCUT2D eigenvalue weighted by atomic mass is 10.1. The van der Waals surface area contributed by atoms with Gasteiger partial charge in [0.15, 0.2) is 5.69 Å². The van der Waals surface area contributed by atoms with Crippen LogP contribution >= 0.6 is 0 Å². The fourth-order valence-electron chi connectivity index (χ4n) is 2.15. The van der Waals surface area contributed by atoms with Crippen molar-refractivity contribution < 1.29 is 18.3 Å². The molecule has 2 aromatic rings. The van der Waals surface area contributed by atoms with Crippen molar-refractivity contribution >= 4 is 17.5 Å². The van der Waals surface area contributed by atoms with Crippen LogP contribution in [0.5, 0.6) is 0 Å². The highest BCUT2D eigenvalue weighted by atomic mass is 19.4. The van der Waals surface area contributed by atoms with Gasteiger partial charge in [-0.15, -0.1) is 0 Å². The number of aryl methyl sites for hydroxylation is 2. The number of para-hydroxylation sites is 1. The van der Waals surface area contributed by atoms with E-state index in [1.165, 1.54) is 0 Å². The molecule has 0 fully saturated rings. The van der Waals surface area contributed by atoms with Crippen LogP contribution in [-0.2, 0) is 6.18 Å². The van der Waals surface area contributed by atoms with Gasteiger partial charge < -0.3 is 15.7 Å². The van der Waals surface area contributed by atoms with Crippen molar-refractivity contribution in [3.8, 4) is 0 Å². The van der Waals surface area contributed by atoms with Crippen LogP contribution in [0.4, 0.5) is 30.6 Å². The molecule has 0 bridgehead atoms. The van der Waals surface area contributed by atoms with Crippen molar-refractivity contribution in [2.75, 3.05) is 23.8 Å². The Kier molecular flexibility index (Phi) is 5.61. The number of nitrogens with one attached hydrogen (secondary N) is 2. The number of aliphatic hydroxyl groups is 1. The van der Waals surface area contributed by atoms with Crippen LogP contribution in [0.15, 0.2) is 24.3 Å². The summed E-state index contributed by atoms with van der Waals surface area (Å²) in [5.74, 6) is -0.0757. The lowest BCUT2D eigenvalue weighted by Crippen LogP contribution is -2.14. The molecule has 1 aromatic carbocycles. The molecule has 1 aromatic heterocycles. The first-order valence-corrected chi connectivity index (χ1v) is 7.45. The fraction of sp³-hybridized carbons (Fsp3) is 0.375. The van der Waals surface area contributed by atoms with Gasteiger partial charge in [0, 0.05) is 24.9 Å². The summed E-state index contributed by atoms with van der Waals surface area (Å²) in [6.45, 7) is 3.93. The van der Waals surface area contributed by atoms with Crippen LogP contribution in [0.2, 0.25) is 0 Å². The van der Waals surface area contributed by atoms with Gasteiger partial charge in [-0.3, -0.25) is 0 Å². The molecule has 0 aliphatic rings. The summed E-state index contributed by atoms with van der Waals surface area (Å²) >= 11 is 0. The van der Waals surface area contributed by atoms with Gasteiger partial charge in [-0.1, -0.05) is 18.2 Å². The maximum absolute atomic E-state index is 13.0. The van der Waals surface area contributed by atoms with E-state index in [2.05, 4.69) is 20.6 Å². The average Bonchev–Trinajstić information content (AvgIpc) is 2.50. The van der Waals surface area contributed by atoms with Crippen LogP contribution in [0.1, 0.15) is 23.2 Å². The molecule has 0 unspecified atom stereocenters. The van der Waals surface area contributed by atoms with E-state index in [0.29, 0.717) is 12.1 Å². The molecule has 0 saturated carbocycles. The van der Waals surface area contributed by atoms with Crippen molar-refractivity contribution in [3.63, 3.8) is 0 Å². The average molecular weight is 340 g/mol. The Morgan fingerprint density at radius 1 is 1.12 bits per heavy atom. The summed E-state index contributed by atoms with van der Waals surface area (Å²) in [6, 6.07) is 6.48. The number of nitrogens with zero attached hydrogens (tertiary/aromatic N) is 2. The highest BCUT2D eigenvalue weighted by molar-refractivity contribution is 5.65. The van der Waals surface area contributed by atoms with E-state index < -0.39 is 11.9 Å². The molecule has 8 heteroatoms. The molecular weight excluding hydrogens is 321 g/mol. The monoisotopic (exact) mass is 340 g/mol. The third-order valence-electron chi connectivity index (χ3n) is 3.37. The van der Waals surface area contributed by atoms with Gasteiger partial charge in [-0.25, -0.2) is 4.98 Å². The van der Waals surface area contributed by atoms with E-state index in [4.69, 9.17) is 5.11 Å². The molecule has 3 N–H and O–H groups in total. The van der Waals surface area contributed by atoms with Crippen LogP contribution < -0.4 is 10.6 Å². The Hall–Kier alpha value is -2.35. The van der Waals surface area contributed by atoms with E-state index in [9.17, 15) is 13.2 Å². The number of benzene rings is 1. The number of rotatable bonds is 6. The molecule has 2 rings (SSSR count). The standard InChI is InChI=1S/C16H19F3N4O/c1-10-5-3-6-11(2)14(10)22-13-9-12(16(17,18)19)21-15(23-13)20-7-4-8-24/h3,5-6,9,24H,4,7-8H2,1-2H3,(H2,20,21,22,23). The van der Waals surface area contributed by atoms with E-state index >= 15 is 0 Å². The summed E-state index contributed by atoms with van der Waals surface area (Å²) < 4.78 is 39.1. The SMILES string of the molecule is Cc1cccc(C)c1Nc1cc(C(F)(F)F)nc(NCCCO)n1. The Morgan fingerprint density at radius 3 is 2.38 bits per heavy atom. The smallest absolute Gasteiger partial charge is 0.396 e. The Labute approximate surface area is 138 Å². The molecule has 1 heterocycles. The van der Waals surface area contributed by atoms with Gasteiger partial charge in [-0.2, -0.15) is 18.2 Å². The van der Waals surface area contributed by atoms with Gasteiger partial charge in [0.1, 0.15) is 5.82 Å². The topological polar surface area (TPSA) is 70.1 Å². The quantitative estimate of drug-likeness (QED) is 0.700. The first-order chi connectivity index (χ1) is 11.3. The molecule has 0 radical (unpaired) electrons. The molecule has 0 spiro atoms. The van der Waals surface area contributed by atoms with E-state index in [1.807, 2.05) is 32.0 Å². The summed E-state index contributed by atoms with van der Waals surface area (Å²) in [6.07, 6.45) is -4.19. The molecule has 0 aliphatic carbocycles. The summed E-state index contributed by atoms with van der Waals surface area (Å²) in [5.41, 5.74) is 1.48. The van der Waals surface area contributed by atoms with Crippen molar-refractivity contribution in [1.29, 1.82) is 0 Å². The second-order valence-corrected chi connectivity index (χ2v) is 5.36. The second-order valence-electron chi connectivity index (χ2n) is 5.36. The predicted octanol–water partition coefficient (Wildman–Crippen LogP) is 3.65. The summed E-state index contributed by atoms with van der Waals surface area (Å²) in [7, 11) is 0. The Bertz CT molecular complexity index is 684. The van der Waals surface area contributed by atoms with Crippen molar-refractivity contribution in [2.24, 2.45) is 0 Å². The minimum Gasteiger partial charge on any atom is -0.396 e. The van der Waals surface area contributed by atoms with Crippen molar-refractivity contribution in [2.45, 2.75) is 26.4 Å². The van der Waals surface area contributed by atoms with Gasteiger partial charge in [-0.05, 0) is 31.4 Å². The zero-order valence-corrected chi connectivity index (χ0v) is 13.4. The second kappa shape index (κ2) is 7.48. The van der Waals surface area contributed by atoms with Crippen LogP contribution in [0.25, 0.3) is 0 Å². The zero-order valence-electron chi connectivity index (χ0n) is 13.4. The Balaban J connectivity index is 2.35. The highest BCUT2D eigenvalue weighted by Crippen LogP contribution is 2.31. The number of aliphatic hydroxyl groups excluding tert-OH is 1. The number of hydrogen-bond donors (Lipinski definition) is 3. The predicted molar refractivity (Wildman–Crippen MR) is 86.4 cm³/mol. The minimum atomic E-state index is -4.58. The largest absolute Gasteiger partial charge is 0.433 e. The lowest BCUT2D eigenvalue weighted by molar-refractivity contribution is -0.141. The van der Waals surface area contributed by atoms with E-state index in [0.717, 1.165) is 17.2 Å². The number of anilines is 3. The molecule has 0 aliphatic heterocycles. The number of halogens is 3. The maximum Gasteiger partial charge on any atom is 0.433 e. The number of alkyl halides is 3. The maximum atomic E-state index is 13.0. The van der Waals surface area contributed by atoms with Gasteiger partial charge >= 0.3 is 6.18 Å². The third kappa shape index (κ3) is 4.58. The molecular formula is C16H19F3N4O.